The quantitative estimate of drug-likeness (QED) is 0.644. The lowest BCUT2D eigenvalue weighted by Crippen LogP contribution is -2.09. The molecule has 1 heterocycles. The van der Waals surface area contributed by atoms with Crippen LogP contribution in [0, 0.1) is 11.3 Å². The van der Waals surface area contributed by atoms with Gasteiger partial charge in [-0.25, -0.2) is 8.42 Å². The van der Waals surface area contributed by atoms with Gasteiger partial charge >= 0.3 is 0 Å². The van der Waals surface area contributed by atoms with Crippen LogP contribution in [0.15, 0.2) is 4.52 Å². The molecule has 0 spiro atoms. The monoisotopic (exact) mass is 285 g/mol. The van der Waals surface area contributed by atoms with E-state index in [0.29, 0.717) is 31.5 Å². The van der Waals surface area contributed by atoms with Crippen molar-refractivity contribution in [2.45, 2.75) is 51.2 Å². The SMILES string of the molecule is CCCCc1noc(CS(=O)(=O)CCCCC#N)n1. The maximum Gasteiger partial charge on any atom is 0.241 e. The number of unbranched alkanes of at least 4 members (excludes halogenated alkanes) is 3. The van der Waals surface area contributed by atoms with E-state index in [2.05, 4.69) is 17.1 Å². The van der Waals surface area contributed by atoms with Crippen LogP contribution in [0.4, 0.5) is 0 Å². The highest BCUT2D eigenvalue weighted by Crippen LogP contribution is 2.09. The molecule has 0 unspecified atom stereocenters. The van der Waals surface area contributed by atoms with Crippen molar-refractivity contribution in [3.8, 4) is 6.07 Å². The molecule has 0 fully saturated rings. The summed E-state index contributed by atoms with van der Waals surface area (Å²) >= 11 is 0. The predicted octanol–water partition coefficient (Wildman–Crippen LogP) is 2.02. The molecule has 19 heavy (non-hydrogen) atoms. The predicted molar refractivity (Wildman–Crippen MR) is 69.9 cm³/mol. The van der Waals surface area contributed by atoms with Crippen molar-refractivity contribution >= 4 is 9.84 Å². The average Bonchev–Trinajstić information content (AvgIpc) is 2.79. The summed E-state index contributed by atoms with van der Waals surface area (Å²) in [5.74, 6) is 0.572. The second kappa shape index (κ2) is 7.89. The molecule has 0 amide bonds. The van der Waals surface area contributed by atoms with Crippen LogP contribution in [0.25, 0.3) is 0 Å². The highest BCUT2D eigenvalue weighted by Gasteiger charge is 2.16. The molecule has 0 aliphatic rings. The molecule has 0 radical (unpaired) electrons. The molecule has 1 rings (SSSR count). The van der Waals surface area contributed by atoms with Gasteiger partial charge in [0.05, 0.1) is 11.8 Å². The fourth-order valence-electron chi connectivity index (χ4n) is 1.57. The first-order valence-electron chi connectivity index (χ1n) is 6.46. The number of hydrogen-bond acceptors (Lipinski definition) is 6. The molecule has 1 aromatic heterocycles. The summed E-state index contributed by atoms with van der Waals surface area (Å²) < 4.78 is 28.5. The highest BCUT2D eigenvalue weighted by molar-refractivity contribution is 7.90. The van der Waals surface area contributed by atoms with Crippen LogP contribution in [-0.4, -0.2) is 24.3 Å². The normalized spacial score (nSPS) is 11.4. The van der Waals surface area contributed by atoms with Crippen molar-refractivity contribution in [3.05, 3.63) is 11.7 Å². The number of hydrogen-bond donors (Lipinski definition) is 0. The van der Waals surface area contributed by atoms with E-state index in [4.69, 9.17) is 9.78 Å². The van der Waals surface area contributed by atoms with Crippen molar-refractivity contribution in [1.82, 2.24) is 10.1 Å². The number of rotatable bonds is 9. The Morgan fingerprint density at radius 1 is 1.32 bits per heavy atom. The Bertz CT molecular complexity index is 517. The van der Waals surface area contributed by atoms with Gasteiger partial charge < -0.3 is 4.52 Å². The molecule has 0 bridgehead atoms. The van der Waals surface area contributed by atoms with Gasteiger partial charge in [0.25, 0.3) is 0 Å². The first-order valence-corrected chi connectivity index (χ1v) is 8.28. The minimum atomic E-state index is -3.23. The zero-order chi connectivity index (χ0) is 14.1. The molecule has 0 N–H and O–H groups in total. The Morgan fingerprint density at radius 3 is 2.79 bits per heavy atom. The lowest BCUT2D eigenvalue weighted by Gasteiger charge is -1.99. The smallest absolute Gasteiger partial charge is 0.241 e. The minimum Gasteiger partial charge on any atom is -0.338 e. The zero-order valence-electron chi connectivity index (χ0n) is 11.1. The van der Waals surface area contributed by atoms with Crippen molar-refractivity contribution in [3.63, 3.8) is 0 Å². The molecule has 0 atom stereocenters. The van der Waals surface area contributed by atoms with Crippen LogP contribution in [-0.2, 0) is 22.0 Å². The molecule has 1 aromatic rings. The zero-order valence-corrected chi connectivity index (χ0v) is 11.9. The fourth-order valence-corrected chi connectivity index (χ4v) is 2.85. The number of nitrogens with zero attached hydrogens (tertiary/aromatic N) is 3. The standard InChI is InChI=1S/C12H19N3O3S/c1-2-3-7-11-14-12(18-15-11)10-19(16,17)9-6-4-5-8-13/h2-7,9-10H2,1H3. The van der Waals surface area contributed by atoms with Crippen molar-refractivity contribution in [1.29, 1.82) is 5.26 Å². The fraction of sp³-hybridized carbons (Fsp3) is 0.750. The highest BCUT2D eigenvalue weighted by atomic mass is 32.2. The lowest BCUT2D eigenvalue weighted by atomic mass is 10.2. The van der Waals surface area contributed by atoms with Gasteiger partial charge in [0.1, 0.15) is 5.75 Å². The molecular weight excluding hydrogens is 266 g/mol. The third-order valence-corrected chi connectivity index (χ3v) is 4.20. The van der Waals surface area contributed by atoms with E-state index in [1.165, 1.54) is 0 Å². The Balaban J connectivity index is 2.44. The second-order valence-corrected chi connectivity index (χ2v) is 6.60. The van der Waals surface area contributed by atoms with Crippen LogP contribution >= 0.6 is 0 Å². The van der Waals surface area contributed by atoms with Gasteiger partial charge in [0.2, 0.25) is 5.89 Å². The van der Waals surface area contributed by atoms with E-state index in [0.717, 1.165) is 12.8 Å². The number of aromatic nitrogens is 2. The van der Waals surface area contributed by atoms with Gasteiger partial charge in [-0.05, 0) is 19.3 Å². The summed E-state index contributed by atoms with van der Waals surface area (Å²) in [5.41, 5.74) is 0. The van der Waals surface area contributed by atoms with Crippen molar-refractivity contribution in [2.75, 3.05) is 5.75 Å². The van der Waals surface area contributed by atoms with Crippen LogP contribution in [0.3, 0.4) is 0 Å². The lowest BCUT2D eigenvalue weighted by molar-refractivity contribution is 0.382. The number of nitriles is 1. The van der Waals surface area contributed by atoms with E-state index in [1.54, 1.807) is 0 Å². The maximum atomic E-state index is 11.8. The first kappa shape index (κ1) is 15.6. The number of sulfone groups is 1. The Morgan fingerprint density at radius 2 is 2.11 bits per heavy atom. The van der Waals surface area contributed by atoms with Gasteiger partial charge in [-0.2, -0.15) is 10.2 Å². The van der Waals surface area contributed by atoms with Gasteiger partial charge in [-0.3, -0.25) is 0 Å². The van der Waals surface area contributed by atoms with Crippen molar-refractivity contribution < 1.29 is 12.9 Å². The summed E-state index contributed by atoms with van der Waals surface area (Å²) in [4.78, 5) is 4.07. The van der Waals surface area contributed by atoms with Crippen LogP contribution in [0.2, 0.25) is 0 Å². The van der Waals surface area contributed by atoms with E-state index in [-0.39, 0.29) is 17.4 Å². The van der Waals surface area contributed by atoms with Crippen LogP contribution in [0.5, 0.6) is 0 Å². The van der Waals surface area contributed by atoms with Crippen LogP contribution < -0.4 is 0 Å². The summed E-state index contributed by atoms with van der Waals surface area (Å²) in [6, 6.07) is 1.99. The Labute approximate surface area is 113 Å². The number of aryl methyl sites for hydroxylation is 1. The van der Waals surface area contributed by atoms with Gasteiger partial charge in [-0.1, -0.05) is 18.5 Å². The molecule has 0 saturated heterocycles. The summed E-state index contributed by atoms with van der Waals surface area (Å²) in [7, 11) is -3.23. The Kier molecular flexibility index (Phi) is 6.50. The van der Waals surface area contributed by atoms with E-state index in [1.807, 2.05) is 6.07 Å². The molecule has 0 aliphatic heterocycles. The van der Waals surface area contributed by atoms with E-state index < -0.39 is 9.84 Å². The molecule has 6 nitrogen and oxygen atoms in total. The molecule has 0 aromatic carbocycles. The third kappa shape index (κ3) is 6.34. The van der Waals surface area contributed by atoms with Gasteiger partial charge in [0.15, 0.2) is 15.7 Å². The van der Waals surface area contributed by atoms with Crippen LogP contribution in [0.1, 0.15) is 50.7 Å². The summed E-state index contributed by atoms with van der Waals surface area (Å²) in [5, 5.41) is 12.1. The molecule has 0 aliphatic carbocycles. The summed E-state index contributed by atoms with van der Waals surface area (Å²) in [6.45, 7) is 2.06. The minimum absolute atomic E-state index is 0.0569. The van der Waals surface area contributed by atoms with Gasteiger partial charge in [0, 0.05) is 12.8 Å². The molecular formula is C12H19N3O3S. The second-order valence-electron chi connectivity index (χ2n) is 4.42. The Hall–Kier alpha value is -1.42. The first-order chi connectivity index (χ1) is 9.07. The average molecular weight is 285 g/mol. The topological polar surface area (TPSA) is 96.9 Å². The summed E-state index contributed by atoms with van der Waals surface area (Å²) in [6.07, 6.45) is 4.18. The van der Waals surface area contributed by atoms with E-state index >= 15 is 0 Å². The largest absolute Gasteiger partial charge is 0.338 e. The molecule has 106 valence electrons. The molecule has 0 saturated carbocycles. The maximum absolute atomic E-state index is 11.8. The molecule has 7 heteroatoms. The van der Waals surface area contributed by atoms with E-state index in [9.17, 15) is 8.42 Å². The van der Waals surface area contributed by atoms with Crippen molar-refractivity contribution in [2.24, 2.45) is 0 Å². The third-order valence-electron chi connectivity index (χ3n) is 2.60. The van der Waals surface area contributed by atoms with Gasteiger partial charge in [-0.15, -0.1) is 0 Å².